The van der Waals surface area contributed by atoms with E-state index >= 15 is 0 Å². The van der Waals surface area contributed by atoms with E-state index in [0.29, 0.717) is 44.2 Å². The number of alkyl halides is 3. The quantitative estimate of drug-likeness (QED) is 0.226. The van der Waals surface area contributed by atoms with Crippen molar-refractivity contribution in [3.63, 3.8) is 0 Å². The molecule has 2 aromatic heterocycles. The van der Waals surface area contributed by atoms with Crippen molar-refractivity contribution >= 4 is 29.0 Å². The van der Waals surface area contributed by atoms with Crippen LogP contribution in [0.2, 0.25) is 0 Å². The Balaban J connectivity index is 1.38. The molecule has 0 radical (unpaired) electrons. The van der Waals surface area contributed by atoms with E-state index in [1.807, 2.05) is 0 Å². The molecule has 2 saturated heterocycles. The van der Waals surface area contributed by atoms with Crippen LogP contribution in [0.25, 0.3) is 5.69 Å². The number of ether oxygens (including phenoxy) is 2. The van der Waals surface area contributed by atoms with Crippen molar-refractivity contribution in [1.29, 1.82) is 0 Å². The number of carbonyl (C=O) groups excluding carboxylic acids is 2. The minimum atomic E-state index is -4.99. The molecule has 15 nitrogen and oxygen atoms in total. The molecule has 2 aliphatic rings. The Morgan fingerprint density at radius 3 is 2.41 bits per heavy atom. The molecule has 0 saturated carbocycles. The Labute approximate surface area is 282 Å². The zero-order valence-corrected chi connectivity index (χ0v) is 27.8. The maximum atomic E-state index is 14.1. The van der Waals surface area contributed by atoms with Crippen LogP contribution < -0.4 is 25.6 Å². The number of morpholine rings is 1. The number of aromatic nitrogens is 5. The minimum Gasteiger partial charge on any atom is -0.478 e. The van der Waals surface area contributed by atoms with Crippen LogP contribution in [0.1, 0.15) is 46.4 Å². The van der Waals surface area contributed by atoms with E-state index in [9.17, 15) is 22.8 Å². The zero-order valence-electron chi connectivity index (χ0n) is 27.8. The average Bonchev–Trinajstić information content (AvgIpc) is 3.61. The number of carbonyl (C=O) groups is 2. The zero-order chi connectivity index (χ0) is 35.0. The third kappa shape index (κ3) is 8.93. The van der Waals surface area contributed by atoms with Crippen LogP contribution in [0, 0.1) is 0 Å². The Kier molecular flexibility index (Phi) is 11.8. The average molecular weight is 690 g/mol. The summed E-state index contributed by atoms with van der Waals surface area (Å²) in [6, 6.07) is 5.08. The molecular formula is C31H42F3N11O4. The van der Waals surface area contributed by atoms with Gasteiger partial charge < -0.3 is 30.3 Å². The lowest BCUT2D eigenvalue weighted by Crippen LogP contribution is -2.46. The Hall–Kier alpha value is -4.55. The first-order valence-electron chi connectivity index (χ1n) is 16.3. The van der Waals surface area contributed by atoms with Gasteiger partial charge in [0.15, 0.2) is 22.9 Å². The van der Waals surface area contributed by atoms with Crippen LogP contribution in [0.5, 0.6) is 5.88 Å². The fraction of sp³-hybridized carbons (Fsp3) is 0.548. The molecule has 1 aromatic carbocycles. The lowest BCUT2D eigenvalue weighted by molar-refractivity contribution is -0.142. The number of hydrogen-bond donors (Lipinski definition) is 3. The number of nitrogens with one attached hydrogen (secondary N) is 3. The molecule has 5 rings (SSSR count). The highest BCUT2D eigenvalue weighted by molar-refractivity contribution is 6.06. The fourth-order valence-electron chi connectivity index (χ4n) is 5.75. The van der Waals surface area contributed by atoms with Gasteiger partial charge in [-0.05, 0) is 44.1 Å². The van der Waals surface area contributed by atoms with Crippen LogP contribution in [0.4, 0.5) is 30.4 Å². The van der Waals surface area contributed by atoms with Crippen molar-refractivity contribution in [2.45, 2.75) is 25.9 Å². The Morgan fingerprint density at radius 1 is 1.00 bits per heavy atom. The molecule has 266 valence electrons. The molecule has 0 atom stereocenters. The number of piperazine rings is 1. The molecule has 3 N–H and O–H groups in total. The number of methoxy groups -OCH3 is 1. The van der Waals surface area contributed by atoms with Crippen LogP contribution >= 0.6 is 0 Å². The smallest absolute Gasteiger partial charge is 0.435 e. The van der Waals surface area contributed by atoms with E-state index in [4.69, 9.17) is 9.47 Å². The first-order valence-corrected chi connectivity index (χ1v) is 16.3. The van der Waals surface area contributed by atoms with Crippen LogP contribution in [-0.4, -0.2) is 133 Å². The molecule has 2 amide bonds. The molecule has 0 spiro atoms. The van der Waals surface area contributed by atoms with E-state index in [1.165, 1.54) is 17.9 Å². The largest absolute Gasteiger partial charge is 0.478 e. The Bertz CT molecular complexity index is 1590. The van der Waals surface area contributed by atoms with Gasteiger partial charge in [0.1, 0.15) is 0 Å². The summed E-state index contributed by atoms with van der Waals surface area (Å²) in [5.74, 6) is -2.03. The number of amides is 2. The summed E-state index contributed by atoms with van der Waals surface area (Å²) in [4.78, 5) is 40.5. The summed E-state index contributed by atoms with van der Waals surface area (Å²) < 4.78 is 53.9. The van der Waals surface area contributed by atoms with Crippen LogP contribution in [-0.2, 0) is 10.9 Å². The topological polar surface area (TPSA) is 155 Å². The van der Waals surface area contributed by atoms with Crippen molar-refractivity contribution < 1.29 is 32.2 Å². The van der Waals surface area contributed by atoms with Gasteiger partial charge >= 0.3 is 6.18 Å². The second kappa shape index (κ2) is 16.2. The van der Waals surface area contributed by atoms with Crippen LogP contribution in [0.15, 0.2) is 24.4 Å². The molecule has 0 bridgehead atoms. The molecule has 2 aliphatic heterocycles. The number of nitrogens with zero attached hydrogens (tertiary/aromatic N) is 8. The predicted octanol–water partition coefficient (Wildman–Crippen LogP) is 2.36. The van der Waals surface area contributed by atoms with Gasteiger partial charge in [-0.25, -0.2) is 14.6 Å². The van der Waals surface area contributed by atoms with Crippen molar-refractivity contribution in [3.8, 4) is 11.6 Å². The van der Waals surface area contributed by atoms with Gasteiger partial charge in [0.25, 0.3) is 17.7 Å². The SMILES string of the molecule is CCCN1CCN(c2ccc(-n3cc(C(=O)NCCCN4CCOCC4)nn3)cc2NC(=O)c2nc(NC)c(OC)nc2C(F)(F)F)CC1. The van der Waals surface area contributed by atoms with Crippen molar-refractivity contribution in [2.75, 3.05) is 102 Å². The van der Waals surface area contributed by atoms with Gasteiger partial charge in [-0.2, -0.15) is 13.2 Å². The lowest BCUT2D eigenvalue weighted by Gasteiger charge is -2.37. The maximum Gasteiger partial charge on any atom is 0.435 e. The fourth-order valence-corrected chi connectivity index (χ4v) is 5.75. The van der Waals surface area contributed by atoms with Crippen molar-refractivity contribution in [3.05, 3.63) is 41.5 Å². The molecule has 3 aromatic rings. The molecular weight excluding hydrogens is 647 g/mol. The molecule has 4 heterocycles. The van der Waals surface area contributed by atoms with E-state index in [0.717, 1.165) is 59.2 Å². The molecule has 49 heavy (non-hydrogen) atoms. The van der Waals surface area contributed by atoms with Gasteiger partial charge in [0.05, 0.1) is 43.6 Å². The summed E-state index contributed by atoms with van der Waals surface area (Å²) in [5.41, 5.74) is -1.05. The second-order valence-electron chi connectivity index (χ2n) is 11.6. The molecule has 0 unspecified atom stereocenters. The third-order valence-electron chi connectivity index (χ3n) is 8.29. The number of anilines is 3. The van der Waals surface area contributed by atoms with Gasteiger partial charge in [-0.15, -0.1) is 5.10 Å². The van der Waals surface area contributed by atoms with E-state index in [-0.39, 0.29) is 23.1 Å². The maximum absolute atomic E-state index is 14.1. The summed E-state index contributed by atoms with van der Waals surface area (Å²) in [5, 5.41) is 16.2. The first-order chi connectivity index (χ1) is 23.6. The highest BCUT2D eigenvalue weighted by atomic mass is 19.4. The minimum absolute atomic E-state index is 0.0935. The second-order valence-corrected chi connectivity index (χ2v) is 11.6. The molecule has 2 fully saturated rings. The third-order valence-corrected chi connectivity index (χ3v) is 8.29. The predicted molar refractivity (Wildman–Crippen MR) is 176 cm³/mol. The number of halogens is 3. The summed E-state index contributed by atoms with van der Waals surface area (Å²) in [6.45, 7) is 10.4. The van der Waals surface area contributed by atoms with Crippen molar-refractivity contribution in [1.82, 2.24) is 40.1 Å². The van der Waals surface area contributed by atoms with Gasteiger partial charge in [0.2, 0.25) is 0 Å². The normalized spacial score (nSPS) is 16.0. The highest BCUT2D eigenvalue weighted by Gasteiger charge is 2.40. The molecule has 18 heteroatoms. The lowest BCUT2D eigenvalue weighted by atomic mass is 10.1. The number of benzene rings is 1. The standard InChI is InChI=1S/C31H42F3N11O4/c1-4-9-42-11-13-44(14-12-42)24-7-6-21(45-20-23(40-41-45)28(46)36-8-5-10-43-15-17-49-18-16-43)19-22(24)37-29(47)25-26(31(32,33)34)39-30(48-3)27(35-2)38-25/h6-7,19-20H,4-5,8-18H2,1-3H3,(H,35,38)(H,36,46)(H,37,47). The number of rotatable bonds is 13. The van der Waals surface area contributed by atoms with Gasteiger partial charge in [-0.1, -0.05) is 12.1 Å². The highest BCUT2D eigenvalue weighted by Crippen LogP contribution is 2.35. The summed E-state index contributed by atoms with van der Waals surface area (Å²) in [6.07, 6.45) is -1.75. The van der Waals surface area contributed by atoms with E-state index in [2.05, 4.69) is 57.9 Å². The Morgan fingerprint density at radius 2 is 1.73 bits per heavy atom. The first kappa shape index (κ1) is 35.7. The van der Waals surface area contributed by atoms with Crippen LogP contribution in [0.3, 0.4) is 0 Å². The van der Waals surface area contributed by atoms with E-state index in [1.54, 1.807) is 18.2 Å². The monoisotopic (exact) mass is 689 g/mol. The number of hydrogen-bond acceptors (Lipinski definition) is 12. The summed E-state index contributed by atoms with van der Waals surface area (Å²) in [7, 11) is 2.59. The van der Waals surface area contributed by atoms with E-state index < -0.39 is 29.4 Å². The van der Waals surface area contributed by atoms with Gasteiger partial charge in [-0.3, -0.25) is 19.4 Å². The molecule has 0 aliphatic carbocycles. The van der Waals surface area contributed by atoms with Gasteiger partial charge in [0, 0.05) is 52.9 Å². The van der Waals surface area contributed by atoms with Crippen molar-refractivity contribution in [2.24, 2.45) is 0 Å². The summed E-state index contributed by atoms with van der Waals surface area (Å²) >= 11 is 0.